The Labute approximate surface area is 152 Å². The number of nitrogens with zero attached hydrogens (tertiary/aromatic N) is 2. The van der Waals surface area contributed by atoms with E-state index in [9.17, 15) is 13.2 Å². The van der Waals surface area contributed by atoms with Crippen molar-refractivity contribution >= 4 is 21.6 Å². The molecule has 25 heavy (non-hydrogen) atoms. The molecular formula is C19H30N2O3S. The van der Waals surface area contributed by atoms with Crippen LogP contribution in [0.25, 0.3) is 0 Å². The van der Waals surface area contributed by atoms with Gasteiger partial charge in [-0.05, 0) is 43.2 Å². The second-order valence-corrected chi connectivity index (χ2v) is 8.99. The number of hydrogen-bond acceptors (Lipinski definition) is 3. The summed E-state index contributed by atoms with van der Waals surface area (Å²) in [5, 5.41) is 0. The molecule has 1 aromatic carbocycles. The second-order valence-electron chi connectivity index (χ2n) is 7.08. The van der Waals surface area contributed by atoms with Gasteiger partial charge in [-0.25, -0.2) is 8.42 Å². The Bertz CT molecular complexity index is 707. The van der Waals surface area contributed by atoms with E-state index in [0.717, 1.165) is 49.2 Å². The van der Waals surface area contributed by atoms with E-state index in [2.05, 4.69) is 6.92 Å². The zero-order valence-electron chi connectivity index (χ0n) is 15.8. The van der Waals surface area contributed by atoms with Crippen LogP contribution in [0.4, 0.5) is 5.69 Å². The first-order valence-electron chi connectivity index (χ1n) is 9.08. The Morgan fingerprint density at radius 2 is 1.92 bits per heavy atom. The van der Waals surface area contributed by atoms with E-state index in [1.54, 1.807) is 0 Å². The molecule has 2 rings (SSSR count). The van der Waals surface area contributed by atoms with Gasteiger partial charge in [0.1, 0.15) is 0 Å². The first kappa shape index (κ1) is 19.8. The SMILES string of the molecule is CCc1cccc(C)c1N(CCC(=O)N1CCC(C)CC1)S(C)(=O)=O. The smallest absolute Gasteiger partial charge is 0.232 e. The molecule has 0 N–H and O–H groups in total. The summed E-state index contributed by atoms with van der Waals surface area (Å²) < 4.78 is 26.2. The molecule has 140 valence electrons. The van der Waals surface area contributed by atoms with Gasteiger partial charge >= 0.3 is 0 Å². The molecule has 1 amide bonds. The minimum atomic E-state index is -3.45. The van der Waals surface area contributed by atoms with Gasteiger partial charge in [-0.1, -0.05) is 32.0 Å². The van der Waals surface area contributed by atoms with E-state index in [1.807, 2.05) is 36.9 Å². The zero-order valence-corrected chi connectivity index (χ0v) is 16.6. The summed E-state index contributed by atoms with van der Waals surface area (Å²) >= 11 is 0. The Kier molecular flexibility index (Phi) is 6.49. The summed E-state index contributed by atoms with van der Waals surface area (Å²) in [5.74, 6) is 0.711. The molecule has 0 unspecified atom stereocenters. The Hall–Kier alpha value is -1.56. The first-order valence-corrected chi connectivity index (χ1v) is 10.9. The number of para-hydroxylation sites is 1. The third-order valence-electron chi connectivity index (χ3n) is 5.02. The van der Waals surface area contributed by atoms with Crippen molar-refractivity contribution < 1.29 is 13.2 Å². The Balaban J connectivity index is 2.16. The molecule has 5 nitrogen and oxygen atoms in total. The van der Waals surface area contributed by atoms with Crippen LogP contribution in [-0.2, 0) is 21.2 Å². The molecule has 0 spiro atoms. The highest BCUT2D eigenvalue weighted by molar-refractivity contribution is 7.92. The van der Waals surface area contributed by atoms with Gasteiger partial charge in [0.05, 0.1) is 11.9 Å². The number of benzene rings is 1. The minimum Gasteiger partial charge on any atom is -0.343 e. The van der Waals surface area contributed by atoms with Crippen molar-refractivity contribution in [2.75, 3.05) is 30.2 Å². The van der Waals surface area contributed by atoms with Gasteiger partial charge in [-0.3, -0.25) is 9.10 Å². The molecule has 0 saturated carbocycles. The largest absolute Gasteiger partial charge is 0.343 e. The van der Waals surface area contributed by atoms with E-state index < -0.39 is 10.0 Å². The lowest BCUT2D eigenvalue weighted by molar-refractivity contribution is -0.132. The molecule has 0 aliphatic carbocycles. The molecule has 1 aromatic rings. The molecule has 1 aliphatic heterocycles. The topological polar surface area (TPSA) is 57.7 Å². The number of anilines is 1. The fraction of sp³-hybridized carbons (Fsp3) is 0.632. The zero-order chi connectivity index (χ0) is 18.6. The molecule has 1 saturated heterocycles. The average molecular weight is 367 g/mol. The molecule has 0 radical (unpaired) electrons. The van der Waals surface area contributed by atoms with Crippen LogP contribution >= 0.6 is 0 Å². The summed E-state index contributed by atoms with van der Waals surface area (Å²) in [5.41, 5.74) is 2.64. The predicted octanol–water partition coefficient (Wildman–Crippen LogP) is 2.97. The van der Waals surface area contributed by atoms with Crippen molar-refractivity contribution in [3.8, 4) is 0 Å². The number of carbonyl (C=O) groups excluding carboxylic acids is 1. The molecule has 1 heterocycles. The second kappa shape index (κ2) is 8.21. The minimum absolute atomic E-state index is 0.0483. The van der Waals surface area contributed by atoms with Gasteiger partial charge in [0, 0.05) is 26.1 Å². The number of carbonyl (C=O) groups is 1. The van der Waals surface area contributed by atoms with Crippen LogP contribution in [0.1, 0.15) is 44.2 Å². The number of likely N-dealkylation sites (tertiary alicyclic amines) is 1. The maximum Gasteiger partial charge on any atom is 0.232 e. The molecule has 0 bridgehead atoms. The van der Waals surface area contributed by atoms with Crippen molar-refractivity contribution in [1.29, 1.82) is 0 Å². The summed E-state index contributed by atoms with van der Waals surface area (Å²) in [7, 11) is -3.45. The van der Waals surface area contributed by atoms with Crippen LogP contribution in [0.2, 0.25) is 0 Å². The van der Waals surface area contributed by atoms with Crippen LogP contribution in [0.5, 0.6) is 0 Å². The Morgan fingerprint density at radius 3 is 2.48 bits per heavy atom. The summed E-state index contributed by atoms with van der Waals surface area (Å²) in [4.78, 5) is 14.4. The normalized spacial score (nSPS) is 16.1. The lowest BCUT2D eigenvalue weighted by Gasteiger charge is -2.32. The molecule has 0 atom stereocenters. The van der Waals surface area contributed by atoms with E-state index in [-0.39, 0.29) is 18.9 Å². The van der Waals surface area contributed by atoms with Crippen molar-refractivity contribution in [2.45, 2.75) is 46.5 Å². The maximum absolute atomic E-state index is 12.5. The number of amides is 1. The van der Waals surface area contributed by atoms with Crippen molar-refractivity contribution in [3.05, 3.63) is 29.3 Å². The Morgan fingerprint density at radius 1 is 1.28 bits per heavy atom. The van der Waals surface area contributed by atoms with Gasteiger partial charge in [0.15, 0.2) is 0 Å². The first-order chi connectivity index (χ1) is 11.7. The van der Waals surface area contributed by atoms with Crippen molar-refractivity contribution in [2.24, 2.45) is 5.92 Å². The van der Waals surface area contributed by atoms with Gasteiger partial charge < -0.3 is 4.90 Å². The summed E-state index contributed by atoms with van der Waals surface area (Å²) in [6, 6.07) is 5.81. The van der Waals surface area contributed by atoms with Gasteiger partial charge in [0.25, 0.3) is 0 Å². The highest BCUT2D eigenvalue weighted by atomic mass is 32.2. The van der Waals surface area contributed by atoms with Crippen molar-refractivity contribution in [3.63, 3.8) is 0 Å². The number of sulfonamides is 1. The van der Waals surface area contributed by atoms with E-state index >= 15 is 0 Å². The van der Waals surface area contributed by atoms with Crippen LogP contribution < -0.4 is 4.31 Å². The lowest BCUT2D eigenvalue weighted by atomic mass is 9.99. The molecular weight excluding hydrogens is 336 g/mol. The fourth-order valence-electron chi connectivity index (χ4n) is 3.42. The number of rotatable bonds is 6. The van der Waals surface area contributed by atoms with E-state index in [1.165, 1.54) is 10.6 Å². The standard InChI is InChI=1S/C19H30N2O3S/c1-5-17-8-6-7-16(3)19(17)21(25(4,23)24)14-11-18(22)20-12-9-15(2)10-13-20/h6-8,15H,5,9-14H2,1-4H3. The summed E-state index contributed by atoms with van der Waals surface area (Å²) in [6.45, 7) is 7.89. The third-order valence-corrected chi connectivity index (χ3v) is 6.18. The number of hydrogen-bond donors (Lipinski definition) is 0. The van der Waals surface area contributed by atoms with Crippen LogP contribution in [-0.4, -0.2) is 45.1 Å². The van der Waals surface area contributed by atoms with Gasteiger partial charge in [0.2, 0.25) is 15.9 Å². The molecule has 6 heteroatoms. The van der Waals surface area contributed by atoms with E-state index in [4.69, 9.17) is 0 Å². The average Bonchev–Trinajstić information content (AvgIpc) is 2.55. The van der Waals surface area contributed by atoms with Crippen LogP contribution in [0.3, 0.4) is 0 Å². The van der Waals surface area contributed by atoms with Crippen LogP contribution in [0, 0.1) is 12.8 Å². The van der Waals surface area contributed by atoms with Crippen molar-refractivity contribution in [1.82, 2.24) is 4.90 Å². The quantitative estimate of drug-likeness (QED) is 0.778. The number of aryl methyl sites for hydroxylation is 2. The molecule has 1 aliphatic rings. The monoisotopic (exact) mass is 366 g/mol. The molecule has 0 aromatic heterocycles. The number of piperidine rings is 1. The van der Waals surface area contributed by atoms with E-state index in [0.29, 0.717) is 5.92 Å². The molecule has 1 fully saturated rings. The highest BCUT2D eigenvalue weighted by Gasteiger charge is 2.25. The van der Waals surface area contributed by atoms with Gasteiger partial charge in [-0.2, -0.15) is 0 Å². The maximum atomic E-state index is 12.5. The third kappa shape index (κ3) is 4.97. The van der Waals surface area contributed by atoms with Crippen LogP contribution in [0.15, 0.2) is 18.2 Å². The summed E-state index contributed by atoms with van der Waals surface area (Å²) in [6.07, 6.45) is 4.24. The van der Waals surface area contributed by atoms with Gasteiger partial charge in [-0.15, -0.1) is 0 Å². The lowest BCUT2D eigenvalue weighted by Crippen LogP contribution is -2.40. The fourth-order valence-corrected chi connectivity index (χ4v) is 4.43. The predicted molar refractivity (Wildman–Crippen MR) is 102 cm³/mol. The highest BCUT2D eigenvalue weighted by Crippen LogP contribution is 2.28.